The van der Waals surface area contributed by atoms with Crippen molar-refractivity contribution in [2.24, 2.45) is 22.2 Å². The van der Waals surface area contributed by atoms with Gasteiger partial charge in [0.1, 0.15) is 18.1 Å². The number of aliphatic imine (C=N–C) groups is 1. The van der Waals surface area contributed by atoms with E-state index in [1.54, 1.807) is 30.3 Å². The van der Waals surface area contributed by atoms with Gasteiger partial charge in [0.25, 0.3) is 0 Å². The minimum absolute atomic E-state index is 0.0324. The van der Waals surface area contributed by atoms with E-state index in [1.165, 1.54) is 0 Å². The number of nitrogens with two attached hydrogens (primary N) is 3. The number of nitrogens with zero attached hydrogens (tertiary/aromatic N) is 1. The number of amides is 3. The Bertz CT molecular complexity index is 973. The van der Waals surface area contributed by atoms with E-state index in [0.717, 1.165) is 0 Å². The summed E-state index contributed by atoms with van der Waals surface area (Å²) in [6.45, 7) is 0.273. The Morgan fingerprint density at radius 3 is 2.00 bits per heavy atom. The molecule has 3 amide bonds. The lowest BCUT2D eigenvalue weighted by molar-refractivity contribution is -0.147. The molecule has 14 nitrogen and oxygen atoms in total. The van der Waals surface area contributed by atoms with Crippen LogP contribution >= 0.6 is 12.6 Å². The number of carboxylic acid groups (broad SMARTS) is 2. The third-order valence-electron chi connectivity index (χ3n) is 5.03. The van der Waals surface area contributed by atoms with Crippen LogP contribution in [0.25, 0.3) is 0 Å². The number of hydrogen-bond donors (Lipinski definition) is 9. The molecule has 0 aliphatic rings. The van der Waals surface area contributed by atoms with Crippen LogP contribution in [0.5, 0.6) is 0 Å². The van der Waals surface area contributed by atoms with Crippen molar-refractivity contribution in [3.63, 3.8) is 0 Å². The lowest BCUT2D eigenvalue weighted by Crippen LogP contribution is -2.58. The molecule has 1 aromatic carbocycles. The van der Waals surface area contributed by atoms with Gasteiger partial charge in [-0.1, -0.05) is 30.3 Å². The van der Waals surface area contributed by atoms with Crippen LogP contribution < -0.4 is 33.2 Å². The summed E-state index contributed by atoms with van der Waals surface area (Å²) in [4.78, 5) is 64.4. The quantitative estimate of drug-likeness (QED) is 0.0464. The van der Waals surface area contributed by atoms with Crippen molar-refractivity contribution in [3.8, 4) is 0 Å². The van der Waals surface area contributed by atoms with Gasteiger partial charge >= 0.3 is 11.9 Å². The Balaban J connectivity index is 2.92. The topological polar surface area (TPSA) is 252 Å². The first-order valence-electron chi connectivity index (χ1n) is 11.3. The van der Waals surface area contributed by atoms with Gasteiger partial charge in [-0.3, -0.25) is 24.2 Å². The first-order chi connectivity index (χ1) is 17.4. The molecule has 4 atom stereocenters. The fourth-order valence-electron chi connectivity index (χ4n) is 3.10. The van der Waals surface area contributed by atoms with Gasteiger partial charge in [0.2, 0.25) is 17.7 Å². The zero-order chi connectivity index (χ0) is 28.0. The van der Waals surface area contributed by atoms with Crippen molar-refractivity contribution in [2.75, 3.05) is 12.3 Å². The third-order valence-corrected chi connectivity index (χ3v) is 5.39. The number of benzene rings is 1. The molecule has 0 heterocycles. The average molecular weight is 540 g/mol. The molecule has 11 N–H and O–H groups in total. The lowest BCUT2D eigenvalue weighted by Gasteiger charge is -2.24. The fraction of sp³-hybridized carbons (Fsp3) is 0.455. The van der Waals surface area contributed by atoms with Crippen LogP contribution in [0.4, 0.5) is 0 Å². The highest BCUT2D eigenvalue weighted by Gasteiger charge is 2.31. The van der Waals surface area contributed by atoms with E-state index in [1.807, 2.05) is 0 Å². The monoisotopic (exact) mass is 539 g/mol. The molecule has 0 radical (unpaired) electrons. The van der Waals surface area contributed by atoms with Crippen molar-refractivity contribution in [2.45, 2.75) is 49.9 Å². The summed E-state index contributed by atoms with van der Waals surface area (Å²) in [7, 11) is 0. The van der Waals surface area contributed by atoms with Crippen LogP contribution in [0.1, 0.15) is 24.8 Å². The van der Waals surface area contributed by atoms with Crippen LogP contribution in [0.2, 0.25) is 0 Å². The molecule has 0 aliphatic heterocycles. The molecular formula is C22H33N7O7S. The maximum Gasteiger partial charge on any atom is 0.326 e. The molecule has 204 valence electrons. The number of thiol groups is 1. The van der Waals surface area contributed by atoms with Crippen molar-refractivity contribution >= 4 is 48.2 Å². The van der Waals surface area contributed by atoms with Gasteiger partial charge in [0.15, 0.2) is 5.96 Å². The number of rotatable bonds is 16. The summed E-state index contributed by atoms with van der Waals surface area (Å²) in [5, 5.41) is 25.3. The molecule has 0 aromatic heterocycles. The Morgan fingerprint density at radius 1 is 0.892 bits per heavy atom. The van der Waals surface area contributed by atoms with Gasteiger partial charge in [-0.05, 0) is 18.4 Å². The number of hydrogen-bond acceptors (Lipinski definition) is 8. The standard InChI is InChI=1S/C22H33N7O7S/c23-13(7-4-8-26-22(24)25)18(32)29-16(11-37)20(34)27-14(9-12-5-2-1-3-6-12)19(33)28-15(21(35)36)10-17(30)31/h1-3,5-6,13-16,37H,4,7-11,23H2,(H,27,34)(H,28,33)(H,29,32)(H,30,31)(H,35,36)(H4,24,25,26). The molecule has 1 rings (SSSR count). The summed E-state index contributed by atoms with van der Waals surface area (Å²) in [5.74, 6) is -5.50. The summed E-state index contributed by atoms with van der Waals surface area (Å²) in [6, 6.07) is 3.44. The molecule has 4 unspecified atom stereocenters. The average Bonchev–Trinajstić information content (AvgIpc) is 2.83. The van der Waals surface area contributed by atoms with Crippen molar-refractivity contribution in [1.29, 1.82) is 0 Å². The second kappa shape index (κ2) is 16.0. The van der Waals surface area contributed by atoms with Crippen LogP contribution in [-0.2, 0) is 30.4 Å². The van der Waals surface area contributed by atoms with Gasteiger partial charge in [-0.25, -0.2) is 4.79 Å². The van der Waals surface area contributed by atoms with Crippen LogP contribution in [0.3, 0.4) is 0 Å². The molecule has 15 heteroatoms. The molecule has 0 saturated heterocycles. The largest absolute Gasteiger partial charge is 0.481 e. The highest BCUT2D eigenvalue weighted by molar-refractivity contribution is 7.80. The molecule has 37 heavy (non-hydrogen) atoms. The number of guanidine groups is 1. The van der Waals surface area contributed by atoms with E-state index >= 15 is 0 Å². The van der Waals surface area contributed by atoms with Gasteiger partial charge in [0, 0.05) is 18.7 Å². The van der Waals surface area contributed by atoms with Crippen LogP contribution in [0, 0.1) is 0 Å². The number of carbonyl (C=O) groups is 5. The van der Waals surface area contributed by atoms with E-state index in [9.17, 15) is 29.1 Å². The molecule has 0 saturated carbocycles. The van der Waals surface area contributed by atoms with Crippen molar-refractivity contribution in [3.05, 3.63) is 35.9 Å². The van der Waals surface area contributed by atoms with Crippen molar-refractivity contribution < 1.29 is 34.2 Å². The van der Waals surface area contributed by atoms with E-state index in [0.29, 0.717) is 12.0 Å². The van der Waals surface area contributed by atoms with Crippen LogP contribution in [0.15, 0.2) is 35.3 Å². The molecular weight excluding hydrogens is 506 g/mol. The summed E-state index contributed by atoms with van der Waals surface area (Å²) in [6.07, 6.45) is -0.230. The van der Waals surface area contributed by atoms with E-state index < -0.39 is 60.2 Å². The van der Waals surface area contributed by atoms with E-state index in [4.69, 9.17) is 22.3 Å². The SMILES string of the molecule is NC(N)=NCCCC(N)C(=O)NC(CS)C(=O)NC(Cc1ccccc1)C(=O)NC(CC(=O)O)C(=O)O. The maximum absolute atomic E-state index is 12.9. The summed E-state index contributed by atoms with van der Waals surface area (Å²) in [5.41, 5.74) is 17.0. The fourth-order valence-corrected chi connectivity index (χ4v) is 3.36. The smallest absolute Gasteiger partial charge is 0.326 e. The minimum Gasteiger partial charge on any atom is -0.481 e. The predicted molar refractivity (Wildman–Crippen MR) is 138 cm³/mol. The van der Waals surface area contributed by atoms with Gasteiger partial charge in [-0.15, -0.1) is 0 Å². The van der Waals surface area contributed by atoms with Gasteiger partial charge in [-0.2, -0.15) is 12.6 Å². The lowest BCUT2D eigenvalue weighted by atomic mass is 10.0. The van der Waals surface area contributed by atoms with Crippen molar-refractivity contribution in [1.82, 2.24) is 16.0 Å². The second-order valence-electron chi connectivity index (χ2n) is 8.05. The zero-order valence-electron chi connectivity index (χ0n) is 20.0. The molecule has 1 aromatic rings. The second-order valence-corrected chi connectivity index (χ2v) is 8.41. The first kappa shape index (κ1) is 31.2. The molecule has 0 aliphatic carbocycles. The highest BCUT2D eigenvalue weighted by Crippen LogP contribution is 2.06. The Labute approximate surface area is 218 Å². The van der Waals surface area contributed by atoms with Gasteiger partial charge in [0.05, 0.1) is 12.5 Å². The zero-order valence-corrected chi connectivity index (χ0v) is 20.9. The van der Waals surface area contributed by atoms with Gasteiger partial charge < -0.3 is 43.4 Å². The Kier molecular flexibility index (Phi) is 13.5. The first-order valence-corrected chi connectivity index (χ1v) is 11.9. The number of nitrogens with one attached hydrogen (secondary N) is 3. The normalized spacial score (nSPS) is 13.8. The molecule has 0 spiro atoms. The predicted octanol–water partition coefficient (Wildman–Crippen LogP) is -2.45. The molecule has 0 bridgehead atoms. The number of carboxylic acids is 2. The van der Waals surface area contributed by atoms with E-state index in [-0.39, 0.29) is 31.1 Å². The summed E-state index contributed by atoms with van der Waals surface area (Å²) >= 11 is 4.09. The minimum atomic E-state index is -1.71. The third kappa shape index (κ3) is 12.1. The summed E-state index contributed by atoms with van der Waals surface area (Å²) < 4.78 is 0. The van der Waals surface area contributed by atoms with E-state index in [2.05, 4.69) is 33.6 Å². The Hall–Kier alpha value is -3.85. The number of carbonyl (C=O) groups excluding carboxylic acids is 3. The molecule has 0 fully saturated rings. The van der Waals surface area contributed by atoms with Crippen LogP contribution in [-0.4, -0.2) is 82.3 Å². The maximum atomic E-state index is 12.9. The number of aliphatic carboxylic acids is 2. The highest BCUT2D eigenvalue weighted by atomic mass is 32.1. The Morgan fingerprint density at radius 2 is 1.46 bits per heavy atom.